The first-order valence-electron chi connectivity index (χ1n) is 8.21. The van der Waals surface area contributed by atoms with Gasteiger partial charge in [0.1, 0.15) is 0 Å². The van der Waals surface area contributed by atoms with Crippen molar-refractivity contribution in [2.45, 2.75) is 37.3 Å². The van der Waals surface area contributed by atoms with Gasteiger partial charge < -0.3 is 14.2 Å². The molecule has 1 spiro atoms. The zero-order valence-corrected chi connectivity index (χ0v) is 12.9. The van der Waals surface area contributed by atoms with E-state index in [1.807, 2.05) is 7.11 Å². The van der Waals surface area contributed by atoms with Gasteiger partial charge in [0.15, 0.2) is 11.5 Å². The monoisotopic (exact) mass is 299 g/mol. The van der Waals surface area contributed by atoms with E-state index in [2.05, 4.69) is 23.1 Å². The Morgan fingerprint density at radius 2 is 2.00 bits per heavy atom. The van der Waals surface area contributed by atoms with Crippen molar-refractivity contribution in [1.29, 1.82) is 0 Å². The summed E-state index contributed by atoms with van der Waals surface area (Å²) in [6.45, 7) is 2.63. The van der Waals surface area contributed by atoms with Crippen molar-refractivity contribution in [3.05, 3.63) is 34.9 Å². The van der Waals surface area contributed by atoms with Crippen LogP contribution >= 0.6 is 0 Å². The van der Waals surface area contributed by atoms with E-state index in [-0.39, 0.29) is 5.54 Å². The molecule has 5 rings (SSSR count). The highest BCUT2D eigenvalue weighted by Crippen LogP contribution is 2.54. The second-order valence-electron chi connectivity index (χ2n) is 6.74. The van der Waals surface area contributed by atoms with Gasteiger partial charge in [-0.2, -0.15) is 0 Å². The molecule has 0 saturated carbocycles. The second-order valence-corrected chi connectivity index (χ2v) is 6.74. The molecule has 4 heteroatoms. The summed E-state index contributed by atoms with van der Waals surface area (Å²) in [7, 11) is 1.84. The Labute approximate surface area is 130 Å². The number of ether oxygens (including phenoxy) is 3. The quantitative estimate of drug-likeness (QED) is 0.746. The molecule has 0 unspecified atom stereocenters. The van der Waals surface area contributed by atoms with Crippen LogP contribution in [-0.2, 0) is 16.7 Å². The van der Waals surface area contributed by atoms with Crippen LogP contribution in [0.15, 0.2) is 23.8 Å². The van der Waals surface area contributed by atoms with Crippen LogP contribution in [0.25, 0.3) is 0 Å². The maximum Gasteiger partial charge on any atom is 0.231 e. The molecule has 3 heterocycles. The molecular weight excluding hydrogens is 278 g/mol. The van der Waals surface area contributed by atoms with Crippen LogP contribution in [0.2, 0.25) is 0 Å². The van der Waals surface area contributed by atoms with Crippen LogP contribution < -0.4 is 9.47 Å². The summed E-state index contributed by atoms with van der Waals surface area (Å²) in [5.74, 6) is 1.81. The van der Waals surface area contributed by atoms with Gasteiger partial charge in [0.05, 0.1) is 11.6 Å². The minimum atomic E-state index is 0.0352. The molecule has 0 amide bonds. The first kappa shape index (κ1) is 13.0. The van der Waals surface area contributed by atoms with E-state index in [0.29, 0.717) is 12.9 Å². The number of hydrogen-bond donors (Lipinski definition) is 0. The smallest absolute Gasteiger partial charge is 0.231 e. The average molecular weight is 299 g/mol. The summed E-state index contributed by atoms with van der Waals surface area (Å²) < 4.78 is 17.0. The van der Waals surface area contributed by atoms with Crippen LogP contribution in [0.3, 0.4) is 0 Å². The summed E-state index contributed by atoms with van der Waals surface area (Å²) in [5, 5.41) is 0. The highest BCUT2D eigenvalue weighted by molar-refractivity contribution is 5.56. The van der Waals surface area contributed by atoms with Crippen LogP contribution in [0, 0.1) is 0 Å². The molecule has 4 aliphatic rings. The van der Waals surface area contributed by atoms with E-state index < -0.39 is 0 Å². The van der Waals surface area contributed by atoms with Crippen molar-refractivity contribution in [2.75, 3.05) is 27.0 Å². The fourth-order valence-electron chi connectivity index (χ4n) is 4.84. The largest absolute Gasteiger partial charge is 0.454 e. The fourth-order valence-corrected chi connectivity index (χ4v) is 4.84. The molecule has 0 bridgehead atoms. The van der Waals surface area contributed by atoms with Crippen LogP contribution in [0.1, 0.15) is 30.4 Å². The summed E-state index contributed by atoms with van der Waals surface area (Å²) in [4.78, 5) is 2.66. The number of benzene rings is 1. The van der Waals surface area contributed by atoms with E-state index in [0.717, 1.165) is 43.9 Å². The normalized spacial score (nSPS) is 32.2. The number of nitrogens with zero attached hydrogens (tertiary/aromatic N) is 1. The summed E-state index contributed by atoms with van der Waals surface area (Å²) >= 11 is 0. The van der Waals surface area contributed by atoms with E-state index >= 15 is 0 Å². The summed E-state index contributed by atoms with van der Waals surface area (Å²) in [6, 6.07) is 4.44. The Morgan fingerprint density at radius 3 is 2.86 bits per heavy atom. The van der Waals surface area contributed by atoms with Gasteiger partial charge in [0.25, 0.3) is 0 Å². The predicted octanol–water partition coefficient (Wildman–Crippen LogP) is 2.61. The zero-order valence-electron chi connectivity index (χ0n) is 12.9. The van der Waals surface area contributed by atoms with Crippen molar-refractivity contribution in [3.8, 4) is 11.5 Å². The number of fused-ring (bicyclic) bond motifs is 2. The highest BCUT2D eigenvalue weighted by atomic mass is 16.7. The number of hydrogen-bond acceptors (Lipinski definition) is 4. The van der Waals surface area contributed by atoms with E-state index in [9.17, 15) is 0 Å². The molecule has 1 fully saturated rings. The zero-order chi connectivity index (χ0) is 14.7. The SMILES string of the molecule is CO[C@@H]1CC=C2CCN3CCc4cc5c(cc4[C@@]23C1)OCO5. The molecule has 0 N–H and O–H groups in total. The van der Waals surface area contributed by atoms with Crippen molar-refractivity contribution >= 4 is 0 Å². The molecule has 1 aromatic rings. The second kappa shape index (κ2) is 4.49. The van der Waals surface area contributed by atoms with Gasteiger partial charge in [-0.05, 0) is 48.1 Å². The van der Waals surface area contributed by atoms with Gasteiger partial charge in [-0.1, -0.05) is 6.08 Å². The Kier molecular flexibility index (Phi) is 2.65. The highest BCUT2D eigenvalue weighted by Gasteiger charge is 2.52. The van der Waals surface area contributed by atoms with Crippen molar-refractivity contribution in [2.24, 2.45) is 0 Å². The van der Waals surface area contributed by atoms with E-state index in [4.69, 9.17) is 14.2 Å². The number of rotatable bonds is 1. The van der Waals surface area contributed by atoms with Crippen LogP contribution in [-0.4, -0.2) is 38.0 Å². The fraction of sp³-hybridized carbons (Fsp3) is 0.556. The van der Waals surface area contributed by atoms with Gasteiger partial charge in [-0.3, -0.25) is 4.90 Å². The molecule has 116 valence electrons. The standard InChI is InChI=1S/C18H21NO3/c1-20-14-3-2-13-5-7-19-6-4-12-8-16-17(22-11-21-16)9-15(12)18(13,19)10-14/h2,8-9,14H,3-7,10-11H2,1H3/t14-,18-/m1/s1. The third kappa shape index (κ3) is 1.54. The molecule has 4 nitrogen and oxygen atoms in total. The minimum Gasteiger partial charge on any atom is -0.454 e. The van der Waals surface area contributed by atoms with Gasteiger partial charge in [0, 0.05) is 26.6 Å². The van der Waals surface area contributed by atoms with Crippen molar-refractivity contribution in [3.63, 3.8) is 0 Å². The maximum atomic E-state index is 5.72. The number of methoxy groups -OCH3 is 1. The summed E-state index contributed by atoms with van der Waals surface area (Å²) in [5.41, 5.74) is 4.46. The molecule has 2 atom stereocenters. The lowest BCUT2D eigenvalue weighted by molar-refractivity contribution is 0.0290. The molecule has 0 radical (unpaired) electrons. The van der Waals surface area contributed by atoms with E-state index in [1.54, 1.807) is 5.57 Å². The third-order valence-corrected chi connectivity index (χ3v) is 5.90. The van der Waals surface area contributed by atoms with Crippen LogP contribution in [0.5, 0.6) is 11.5 Å². The first-order chi connectivity index (χ1) is 10.8. The van der Waals surface area contributed by atoms with Crippen LogP contribution in [0.4, 0.5) is 0 Å². The minimum absolute atomic E-state index is 0.0352. The van der Waals surface area contributed by atoms with Crippen molar-refractivity contribution < 1.29 is 14.2 Å². The molecule has 22 heavy (non-hydrogen) atoms. The Bertz CT molecular complexity index is 669. The summed E-state index contributed by atoms with van der Waals surface area (Å²) in [6.07, 6.45) is 7.12. The lowest BCUT2D eigenvalue weighted by Gasteiger charge is -2.48. The van der Waals surface area contributed by atoms with Gasteiger partial charge in [0.2, 0.25) is 6.79 Å². The third-order valence-electron chi connectivity index (χ3n) is 5.90. The first-order valence-corrected chi connectivity index (χ1v) is 8.21. The lowest BCUT2D eigenvalue weighted by atomic mass is 9.71. The molecule has 1 aromatic carbocycles. The van der Waals surface area contributed by atoms with Gasteiger partial charge >= 0.3 is 0 Å². The van der Waals surface area contributed by atoms with E-state index in [1.165, 1.54) is 17.5 Å². The van der Waals surface area contributed by atoms with Gasteiger partial charge in [-0.15, -0.1) is 0 Å². The Hall–Kier alpha value is -1.52. The predicted molar refractivity (Wildman–Crippen MR) is 82.3 cm³/mol. The average Bonchev–Trinajstić information content (AvgIpc) is 3.16. The molecule has 1 saturated heterocycles. The molecule has 0 aromatic heterocycles. The lowest BCUT2D eigenvalue weighted by Crippen LogP contribution is -2.50. The topological polar surface area (TPSA) is 30.9 Å². The molecule has 3 aliphatic heterocycles. The molecule has 1 aliphatic carbocycles. The van der Waals surface area contributed by atoms with Gasteiger partial charge in [-0.25, -0.2) is 0 Å². The maximum absolute atomic E-state index is 5.72. The van der Waals surface area contributed by atoms with Crippen molar-refractivity contribution in [1.82, 2.24) is 4.90 Å². The Morgan fingerprint density at radius 1 is 1.18 bits per heavy atom. The molecular formula is C18H21NO3. The Balaban J connectivity index is 1.71.